The zero-order valence-corrected chi connectivity index (χ0v) is 17.1. The quantitative estimate of drug-likeness (QED) is 0.548. The molecule has 1 atom stereocenters. The molecule has 21 heavy (non-hydrogen) atoms. The highest BCUT2D eigenvalue weighted by Gasteiger charge is 2.19. The van der Waals surface area contributed by atoms with E-state index in [1.165, 1.54) is 22.3 Å². The third-order valence-electron chi connectivity index (χ3n) is 3.46. The topological polar surface area (TPSA) is 12.0 Å². The molecule has 0 aliphatic carbocycles. The van der Waals surface area contributed by atoms with E-state index in [9.17, 15) is 0 Å². The van der Waals surface area contributed by atoms with Gasteiger partial charge in [0.2, 0.25) is 0 Å². The van der Waals surface area contributed by atoms with E-state index < -0.39 is 0 Å². The molecule has 0 aliphatic heterocycles. The van der Waals surface area contributed by atoms with E-state index in [2.05, 4.69) is 104 Å². The minimum absolute atomic E-state index is 0.149. The summed E-state index contributed by atoms with van der Waals surface area (Å²) in [6.45, 7) is 7.26. The molecule has 0 bridgehead atoms. The van der Waals surface area contributed by atoms with Crippen LogP contribution in [0.3, 0.4) is 0 Å². The second-order valence-electron chi connectivity index (χ2n) is 5.14. The Morgan fingerprint density at radius 1 is 0.905 bits per heavy atom. The molecule has 0 saturated heterocycles. The summed E-state index contributed by atoms with van der Waals surface area (Å²) >= 11 is 11.0. The molecule has 0 fully saturated rings. The zero-order valence-electron chi connectivity index (χ0n) is 12.3. The fourth-order valence-corrected chi connectivity index (χ4v) is 3.88. The standard InChI is InChI=1S/C17H18Br3N/c1-4-21-17(12-7-10(2)5-6-14(12)18)13-9-15(19)11(3)8-16(13)20/h5-9,17,21H,4H2,1-3H3. The van der Waals surface area contributed by atoms with Gasteiger partial charge in [0, 0.05) is 13.4 Å². The lowest BCUT2D eigenvalue weighted by atomic mass is 9.96. The Labute approximate surface area is 151 Å². The lowest BCUT2D eigenvalue weighted by molar-refractivity contribution is 0.625. The Morgan fingerprint density at radius 2 is 1.57 bits per heavy atom. The average Bonchev–Trinajstić information content (AvgIpc) is 2.43. The summed E-state index contributed by atoms with van der Waals surface area (Å²) in [5.74, 6) is 0. The van der Waals surface area contributed by atoms with Gasteiger partial charge in [-0.1, -0.05) is 72.4 Å². The summed E-state index contributed by atoms with van der Waals surface area (Å²) < 4.78 is 3.39. The van der Waals surface area contributed by atoms with Crippen molar-refractivity contribution in [3.8, 4) is 0 Å². The molecule has 0 aromatic heterocycles. The van der Waals surface area contributed by atoms with Crippen molar-refractivity contribution in [2.24, 2.45) is 0 Å². The molecule has 0 spiro atoms. The molecule has 0 aliphatic rings. The summed E-state index contributed by atoms with van der Waals surface area (Å²) in [5.41, 5.74) is 4.98. The van der Waals surface area contributed by atoms with Crippen molar-refractivity contribution in [2.75, 3.05) is 6.54 Å². The fraction of sp³-hybridized carbons (Fsp3) is 0.294. The van der Waals surface area contributed by atoms with Crippen LogP contribution in [0.5, 0.6) is 0 Å². The van der Waals surface area contributed by atoms with E-state index in [1.807, 2.05) is 0 Å². The van der Waals surface area contributed by atoms with Gasteiger partial charge in [-0.3, -0.25) is 0 Å². The Hall–Kier alpha value is -0.160. The maximum absolute atomic E-state index is 3.72. The first-order valence-electron chi connectivity index (χ1n) is 6.89. The molecule has 2 rings (SSSR count). The molecular weight excluding hydrogens is 458 g/mol. The number of aryl methyl sites for hydroxylation is 2. The van der Waals surface area contributed by atoms with Gasteiger partial charge in [-0.15, -0.1) is 0 Å². The SMILES string of the molecule is CCNC(c1cc(C)ccc1Br)c1cc(Br)c(C)cc1Br. The zero-order chi connectivity index (χ0) is 15.6. The number of benzene rings is 2. The van der Waals surface area contributed by atoms with Gasteiger partial charge in [0.15, 0.2) is 0 Å². The summed E-state index contributed by atoms with van der Waals surface area (Å²) in [6.07, 6.45) is 0. The number of rotatable bonds is 4. The van der Waals surface area contributed by atoms with Gasteiger partial charge in [0.25, 0.3) is 0 Å². The van der Waals surface area contributed by atoms with Crippen molar-refractivity contribution in [3.05, 3.63) is 66.0 Å². The third-order valence-corrected chi connectivity index (χ3v) is 5.72. The molecular formula is C17H18Br3N. The predicted octanol–water partition coefficient (Wildman–Crippen LogP) is 6.29. The van der Waals surface area contributed by atoms with Crippen LogP contribution in [-0.4, -0.2) is 6.54 Å². The molecule has 2 aromatic carbocycles. The van der Waals surface area contributed by atoms with Crippen molar-refractivity contribution in [1.82, 2.24) is 5.32 Å². The molecule has 1 nitrogen and oxygen atoms in total. The number of nitrogens with one attached hydrogen (secondary N) is 1. The minimum atomic E-state index is 0.149. The molecule has 112 valence electrons. The number of hydrogen-bond donors (Lipinski definition) is 1. The molecule has 2 aromatic rings. The van der Waals surface area contributed by atoms with Crippen molar-refractivity contribution >= 4 is 47.8 Å². The fourth-order valence-electron chi connectivity index (χ4n) is 2.36. The summed E-state index contributed by atoms with van der Waals surface area (Å²) in [5, 5.41) is 3.59. The maximum Gasteiger partial charge on any atom is 0.0599 e. The van der Waals surface area contributed by atoms with E-state index in [4.69, 9.17) is 0 Å². The van der Waals surface area contributed by atoms with Crippen LogP contribution in [0, 0.1) is 13.8 Å². The van der Waals surface area contributed by atoms with Crippen molar-refractivity contribution < 1.29 is 0 Å². The first-order chi connectivity index (χ1) is 9.93. The maximum atomic E-state index is 3.72. The van der Waals surface area contributed by atoms with Crippen molar-refractivity contribution in [2.45, 2.75) is 26.8 Å². The van der Waals surface area contributed by atoms with Crippen molar-refractivity contribution in [3.63, 3.8) is 0 Å². The smallest absolute Gasteiger partial charge is 0.0599 e. The minimum Gasteiger partial charge on any atom is -0.306 e. The Kier molecular flexibility index (Phi) is 6.06. The second-order valence-corrected chi connectivity index (χ2v) is 7.70. The van der Waals surface area contributed by atoms with Gasteiger partial charge in [-0.2, -0.15) is 0 Å². The number of halogens is 3. The largest absolute Gasteiger partial charge is 0.306 e. The predicted molar refractivity (Wildman–Crippen MR) is 101 cm³/mol. The Bertz CT molecular complexity index is 653. The van der Waals surface area contributed by atoms with E-state index in [0.29, 0.717) is 0 Å². The van der Waals surface area contributed by atoms with Crippen LogP contribution in [0.25, 0.3) is 0 Å². The first kappa shape index (κ1) is 17.2. The molecule has 0 heterocycles. The highest BCUT2D eigenvalue weighted by atomic mass is 79.9. The van der Waals surface area contributed by atoms with Crippen LogP contribution in [0.2, 0.25) is 0 Å². The highest BCUT2D eigenvalue weighted by molar-refractivity contribution is 9.11. The lowest BCUT2D eigenvalue weighted by Gasteiger charge is -2.23. The summed E-state index contributed by atoms with van der Waals surface area (Å²) in [6, 6.07) is 11.0. The molecule has 0 saturated carbocycles. The van der Waals surface area contributed by atoms with Crippen LogP contribution in [-0.2, 0) is 0 Å². The molecule has 0 amide bonds. The Balaban J connectivity index is 2.58. The van der Waals surface area contributed by atoms with Gasteiger partial charge < -0.3 is 5.32 Å². The van der Waals surface area contributed by atoms with Gasteiger partial charge >= 0.3 is 0 Å². The van der Waals surface area contributed by atoms with E-state index >= 15 is 0 Å². The monoisotopic (exact) mass is 473 g/mol. The summed E-state index contributed by atoms with van der Waals surface area (Å²) in [4.78, 5) is 0. The van der Waals surface area contributed by atoms with Crippen LogP contribution in [0.1, 0.15) is 35.2 Å². The van der Waals surface area contributed by atoms with E-state index in [0.717, 1.165) is 20.0 Å². The first-order valence-corrected chi connectivity index (χ1v) is 9.27. The van der Waals surface area contributed by atoms with Gasteiger partial charge in [-0.25, -0.2) is 0 Å². The normalized spacial score (nSPS) is 12.5. The van der Waals surface area contributed by atoms with Crippen LogP contribution in [0.4, 0.5) is 0 Å². The average molecular weight is 476 g/mol. The lowest BCUT2D eigenvalue weighted by Crippen LogP contribution is -2.23. The summed E-state index contributed by atoms with van der Waals surface area (Å²) in [7, 11) is 0. The van der Waals surface area contributed by atoms with Crippen molar-refractivity contribution in [1.29, 1.82) is 0 Å². The van der Waals surface area contributed by atoms with E-state index in [1.54, 1.807) is 0 Å². The van der Waals surface area contributed by atoms with Gasteiger partial charge in [0.05, 0.1) is 6.04 Å². The van der Waals surface area contributed by atoms with Crippen LogP contribution >= 0.6 is 47.8 Å². The molecule has 1 unspecified atom stereocenters. The van der Waals surface area contributed by atoms with Gasteiger partial charge in [0.1, 0.15) is 0 Å². The molecule has 0 radical (unpaired) electrons. The van der Waals surface area contributed by atoms with E-state index in [-0.39, 0.29) is 6.04 Å². The van der Waals surface area contributed by atoms with Gasteiger partial charge in [-0.05, 0) is 55.3 Å². The van der Waals surface area contributed by atoms with Crippen LogP contribution in [0.15, 0.2) is 43.7 Å². The third kappa shape index (κ3) is 3.98. The second kappa shape index (κ2) is 7.40. The van der Waals surface area contributed by atoms with Crippen LogP contribution < -0.4 is 5.32 Å². The Morgan fingerprint density at radius 3 is 2.24 bits per heavy atom. The highest BCUT2D eigenvalue weighted by Crippen LogP contribution is 2.36. The molecule has 1 N–H and O–H groups in total. The molecule has 4 heteroatoms. The number of hydrogen-bond acceptors (Lipinski definition) is 1.